The van der Waals surface area contributed by atoms with Crippen molar-refractivity contribution in [2.75, 3.05) is 0 Å². The van der Waals surface area contributed by atoms with Crippen molar-refractivity contribution in [3.05, 3.63) is 88.7 Å². The summed E-state index contributed by atoms with van der Waals surface area (Å²) in [4.78, 5) is 0. The van der Waals surface area contributed by atoms with Crippen LogP contribution in [0.15, 0.2) is 66.9 Å². The molecule has 2 aromatic carbocycles. The van der Waals surface area contributed by atoms with Gasteiger partial charge in [-0.15, -0.1) is 0 Å². The van der Waals surface area contributed by atoms with Crippen LogP contribution in [0, 0.1) is 0 Å². The first kappa shape index (κ1) is 12.7. The predicted octanol–water partition coefficient (Wildman–Crippen LogP) is 3.30. The third kappa shape index (κ3) is 2.08. The average Bonchev–Trinajstić information content (AvgIpc) is 2.93. The number of hydrogen-bond acceptors (Lipinski definition) is 0. The quantitative estimate of drug-likeness (QED) is 0.711. The number of nitrogens with two attached hydrogens (primary N) is 1. The lowest BCUT2D eigenvalue weighted by molar-refractivity contribution is -0.702. The fraction of sp³-hybridized carbons (Fsp3) is 0.111. The molecule has 21 heavy (non-hydrogen) atoms. The molecular formula is C18H16ClN2+. The summed E-state index contributed by atoms with van der Waals surface area (Å²) < 4.78 is 2.28. The molecule has 2 N–H and O–H groups in total. The first-order valence-electron chi connectivity index (χ1n) is 7.18. The minimum Gasteiger partial charge on any atom is -0.331 e. The highest BCUT2D eigenvalue weighted by atomic mass is 35.5. The summed E-state index contributed by atoms with van der Waals surface area (Å²) >= 11 is 6.43. The van der Waals surface area contributed by atoms with Gasteiger partial charge in [0.05, 0.1) is 16.4 Å². The first-order valence-corrected chi connectivity index (χ1v) is 7.55. The van der Waals surface area contributed by atoms with Gasteiger partial charge in [0.2, 0.25) is 0 Å². The number of halogens is 1. The number of aromatic nitrogens is 1. The van der Waals surface area contributed by atoms with Gasteiger partial charge in [0, 0.05) is 17.3 Å². The van der Waals surface area contributed by atoms with Gasteiger partial charge in [0.1, 0.15) is 6.54 Å². The Bertz CT molecular complexity index is 791. The number of hydrogen-bond donors (Lipinski definition) is 1. The summed E-state index contributed by atoms with van der Waals surface area (Å²) in [5.41, 5.74) is 5.06. The van der Waals surface area contributed by atoms with E-state index in [1.54, 1.807) is 0 Å². The molecule has 1 aliphatic heterocycles. The van der Waals surface area contributed by atoms with Crippen LogP contribution in [0.4, 0.5) is 0 Å². The van der Waals surface area contributed by atoms with Gasteiger partial charge in [-0.2, -0.15) is 0 Å². The Morgan fingerprint density at radius 2 is 1.76 bits per heavy atom. The minimum atomic E-state index is 0.223. The van der Waals surface area contributed by atoms with E-state index in [9.17, 15) is 0 Å². The van der Waals surface area contributed by atoms with Crippen molar-refractivity contribution in [1.82, 2.24) is 4.57 Å². The highest BCUT2D eigenvalue weighted by molar-refractivity contribution is 6.31. The molecule has 0 unspecified atom stereocenters. The number of para-hydroxylation sites is 1. The van der Waals surface area contributed by atoms with Gasteiger partial charge in [-0.1, -0.05) is 48.0 Å². The Morgan fingerprint density at radius 1 is 0.952 bits per heavy atom. The van der Waals surface area contributed by atoms with Gasteiger partial charge >= 0.3 is 0 Å². The molecule has 1 aliphatic rings. The monoisotopic (exact) mass is 295 g/mol. The van der Waals surface area contributed by atoms with Gasteiger partial charge < -0.3 is 9.88 Å². The van der Waals surface area contributed by atoms with Crippen LogP contribution in [0.3, 0.4) is 0 Å². The third-order valence-corrected chi connectivity index (χ3v) is 4.51. The van der Waals surface area contributed by atoms with Crippen molar-refractivity contribution in [1.29, 1.82) is 0 Å². The van der Waals surface area contributed by atoms with Crippen LogP contribution in [-0.4, -0.2) is 4.57 Å². The lowest BCUT2D eigenvalue weighted by Gasteiger charge is -2.16. The van der Waals surface area contributed by atoms with Crippen LogP contribution in [0.25, 0.3) is 5.69 Å². The largest absolute Gasteiger partial charge is 0.331 e. The fourth-order valence-corrected chi connectivity index (χ4v) is 3.42. The molecule has 2 heterocycles. The summed E-state index contributed by atoms with van der Waals surface area (Å²) in [6.07, 6.45) is 2.14. The van der Waals surface area contributed by atoms with Crippen LogP contribution in [0.2, 0.25) is 5.02 Å². The van der Waals surface area contributed by atoms with E-state index >= 15 is 0 Å². The average molecular weight is 296 g/mol. The molecule has 104 valence electrons. The van der Waals surface area contributed by atoms with Crippen LogP contribution in [-0.2, 0) is 6.54 Å². The predicted molar refractivity (Wildman–Crippen MR) is 84.7 cm³/mol. The number of quaternary nitrogens is 1. The Kier molecular flexibility index (Phi) is 3.06. The molecule has 0 bridgehead atoms. The van der Waals surface area contributed by atoms with E-state index in [0.717, 1.165) is 11.6 Å². The summed E-state index contributed by atoms with van der Waals surface area (Å²) in [5, 5.41) is 3.19. The zero-order valence-electron chi connectivity index (χ0n) is 11.5. The van der Waals surface area contributed by atoms with Gasteiger partial charge in [0.15, 0.2) is 6.04 Å². The van der Waals surface area contributed by atoms with E-state index in [1.807, 2.05) is 12.1 Å². The van der Waals surface area contributed by atoms with Crippen LogP contribution >= 0.6 is 11.6 Å². The summed E-state index contributed by atoms with van der Waals surface area (Å²) in [6.45, 7) is 0.952. The highest BCUT2D eigenvalue weighted by Crippen LogP contribution is 2.30. The summed E-state index contributed by atoms with van der Waals surface area (Å²) in [7, 11) is 0. The molecule has 2 nitrogen and oxygen atoms in total. The standard InChI is InChI=1S/C18H15ClN2/c19-15-8-3-2-7-14(15)18-17-10-5-11-21(17)16-9-4-1-6-13(16)12-20-18/h1-11,18,20H,12H2/p+1/t18-/m1/s1. The van der Waals surface area contributed by atoms with Crippen LogP contribution in [0.5, 0.6) is 0 Å². The van der Waals surface area contributed by atoms with Crippen molar-refractivity contribution in [3.63, 3.8) is 0 Å². The maximum absolute atomic E-state index is 6.43. The molecule has 0 saturated carbocycles. The molecule has 1 atom stereocenters. The van der Waals surface area contributed by atoms with E-state index < -0.39 is 0 Å². The van der Waals surface area contributed by atoms with Crippen molar-refractivity contribution in [2.45, 2.75) is 12.6 Å². The lowest BCUT2D eigenvalue weighted by Crippen LogP contribution is -2.83. The summed E-state index contributed by atoms with van der Waals surface area (Å²) in [5.74, 6) is 0. The Balaban J connectivity index is 1.90. The SMILES string of the molecule is Clc1ccccc1[C@H]1[NH2+]Cc2ccccc2-n2cccc21. The van der Waals surface area contributed by atoms with Crippen LogP contribution in [0.1, 0.15) is 22.9 Å². The van der Waals surface area contributed by atoms with Gasteiger partial charge in [-0.05, 0) is 24.3 Å². The normalized spacial score (nSPS) is 16.9. The maximum atomic E-state index is 6.43. The zero-order chi connectivity index (χ0) is 14.2. The molecule has 0 spiro atoms. The van der Waals surface area contributed by atoms with Gasteiger partial charge in [0.25, 0.3) is 0 Å². The van der Waals surface area contributed by atoms with E-state index in [1.165, 1.54) is 22.5 Å². The lowest BCUT2D eigenvalue weighted by atomic mass is 10.0. The Morgan fingerprint density at radius 3 is 2.67 bits per heavy atom. The van der Waals surface area contributed by atoms with E-state index in [4.69, 9.17) is 11.6 Å². The summed E-state index contributed by atoms with van der Waals surface area (Å²) in [6, 6.07) is 21.2. The zero-order valence-corrected chi connectivity index (χ0v) is 12.3. The molecule has 0 aliphatic carbocycles. The minimum absolute atomic E-state index is 0.223. The Hall–Kier alpha value is -2.03. The molecule has 3 heteroatoms. The van der Waals surface area contributed by atoms with Crippen molar-refractivity contribution >= 4 is 11.6 Å². The molecule has 3 aromatic rings. The topological polar surface area (TPSA) is 21.5 Å². The molecule has 0 saturated heterocycles. The van der Waals surface area contributed by atoms with Gasteiger partial charge in [-0.3, -0.25) is 0 Å². The van der Waals surface area contributed by atoms with Crippen molar-refractivity contribution in [3.8, 4) is 5.69 Å². The number of nitrogens with zero attached hydrogens (tertiary/aromatic N) is 1. The molecule has 4 rings (SSSR count). The van der Waals surface area contributed by atoms with E-state index in [0.29, 0.717) is 0 Å². The first-order chi connectivity index (χ1) is 10.3. The molecular weight excluding hydrogens is 280 g/mol. The smallest absolute Gasteiger partial charge is 0.154 e. The van der Waals surface area contributed by atoms with Crippen molar-refractivity contribution in [2.24, 2.45) is 0 Å². The van der Waals surface area contributed by atoms with E-state index in [-0.39, 0.29) is 6.04 Å². The maximum Gasteiger partial charge on any atom is 0.154 e. The molecule has 0 fully saturated rings. The number of benzene rings is 2. The Labute approximate surface area is 129 Å². The second-order valence-electron chi connectivity index (χ2n) is 5.37. The van der Waals surface area contributed by atoms with Crippen LogP contribution < -0.4 is 5.32 Å². The number of rotatable bonds is 1. The van der Waals surface area contributed by atoms with Gasteiger partial charge in [-0.25, -0.2) is 0 Å². The highest BCUT2D eigenvalue weighted by Gasteiger charge is 2.27. The second kappa shape index (κ2) is 5.06. The molecule has 0 radical (unpaired) electrons. The molecule has 0 amide bonds. The van der Waals surface area contributed by atoms with Crippen molar-refractivity contribution < 1.29 is 5.32 Å². The second-order valence-corrected chi connectivity index (χ2v) is 5.78. The third-order valence-electron chi connectivity index (χ3n) is 4.16. The molecule has 1 aromatic heterocycles. The number of fused-ring (bicyclic) bond motifs is 3. The fourth-order valence-electron chi connectivity index (χ4n) is 3.16. The van der Waals surface area contributed by atoms with E-state index in [2.05, 4.69) is 64.6 Å².